The summed E-state index contributed by atoms with van der Waals surface area (Å²) in [6.07, 6.45) is 14.0. The first kappa shape index (κ1) is 24.2. The van der Waals surface area contributed by atoms with Crippen LogP contribution in [-0.2, 0) is 0 Å². The molecule has 2 rings (SSSR count). The summed E-state index contributed by atoms with van der Waals surface area (Å²) < 4.78 is 0. The van der Waals surface area contributed by atoms with E-state index in [1.165, 1.54) is 69.8 Å². The average Bonchev–Trinajstić information content (AvgIpc) is 3.13. The van der Waals surface area contributed by atoms with Crippen molar-refractivity contribution < 1.29 is 0 Å². The van der Waals surface area contributed by atoms with E-state index in [0.717, 1.165) is 31.5 Å². The van der Waals surface area contributed by atoms with Crippen LogP contribution in [0, 0.1) is 17.8 Å². The van der Waals surface area contributed by atoms with Crippen LogP contribution in [0.15, 0.2) is 12.2 Å². The molecule has 2 aliphatic carbocycles. The lowest BCUT2D eigenvalue weighted by Crippen LogP contribution is -2.48. The zero-order valence-corrected chi connectivity index (χ0v) is 19.7. The topological polar surface area (TPSA) is 41.3 Å². The number of hydrogen-bond acceptors (Lipinski definition) is 4. The quantitative estimate of drug-likeness (QED) is 0.209. The second-order valence-corrected chi connectivity index (χ2v) is 10.4. The van der Waals surface area contributed by atoms with Crippen molar-refractivity contribution in [3.63, 3.8) is 0 Å². The van der Waals surface area contributed by atoms with Gasteiger partial charge in [-0.15, -0.1) is 0 Å². The number of rotatable bonds is 14. The minimum absolute atomic E-state index is 0.0925. The molecule has 0 amide bonds. The largest absolute Gasteiger partial charge is 0.326 e. The molecule has 0 bridgehead atoms. The zero-order chi connectivity index (χ0) is 20.5. The summed E-state index contributed by atoms with van der Waals surface area (Å²) in [5.41, 5.74) is 7.49. The molecule has 3 N–H and O–H groups in total. The van der Waals surface area contributed by atoms with Gasteiger partial charge in [0, 0.05) is 25.2 Å². The molecule has 0 heterocycles. The third-order valence-electron chi connectivity index (χ3n) is 7.38. The Morgan fingerprint density at radius 3 is 2.29 bits per heavy atom. The molecule has 3 nitrogen and oxygen atoms in total. The van der Waals surface area contributed by atoms with Crippen LogP contribution in [0.5, 0.6) is 0 Å². The molecule has 0 radical (unpaired) electrons. The van der Waals surface area contributed by atoms with Crippen molar-refractivity contribution in [2.24, 2.45) is 23.5 Å². The normalized spacial score (nSPS) is 22.8. The minimum Gasteiger partial charge on any atom is -0.326 e. The van der Waals surface area contributed by atoms with Gasteiger partial charge in [0.2, 0.25) is 0 Å². The number of thiol groups is 1. The van der Waals surface area contributed by atoms with Gasteiger partial charge in [0.1, 0.15) is 0 Å². The molecule has 0 aromatic heterocycles. The summed E-state index contributed by atoms with van der Waals surface area (Å²) in [7, 11) is 0. The Labute approximate surface area is 180 Å². The van der Waals surface area contributed by atoms with Crippen molar-refractivity contribution >= 4 is 12.6 Å². The van der Waals surface area contributed by atoms with E-state index in [4.69, 9.17) is 18.4 Å². The van der Waals surface area contributed by atoms with E-state index in [2.05, 4.69) is 37.6 Å². The summed E-state index contributed by atoms with van der Waals surface area (Å²) in [5, 5.41) is 4.03. The van der Waals surface area contributed by atoms with Crippen molar-refractivity contribution in [3.8, 4) is 0 Å². The smallest absolute Gasteiger partial charge is 0.0678 e. The molecule has 4 unspecified atom stereocenters. The van der Waals surface area contributed by atoms with Crippen molar-refractivity contribution in [2.45, 2.75) is 102 Å². The van der Waals surface area contributed by atoms with Gasteiger partial charge in [-0.1, -0.05) is 64.0 Å². The average molecular weight is 410 g/mol. The predicted octanol–water partition coefficient (Wildman–Crippen LogP) is 5.22. The van der Waals surface area contributed by atoms with Crippen molar-refractivity contribution in [2.75, 3.05) is 19.6 Å². The first-order valence-electron chi connectivity index (χ1n) is 11.9. The van der Waals surface area contributed by atoms with Crippen LogP contribution in [0.4, 0.5) is 0 Å². The first-order chi connectivity index (χ1) is 13.4. The maximum absolute atomic E-state index is 6.19. The fraction of sp³-hybridized carbons (Fsp3) is 0.917. The first-order valence-corrected chi connectivity index (χ1v) is 12.5. The third-order valence-corrected chi connectivity index (χ3v) is 8.17. The molecule has 2 fully saturated rings. The molecule has 164 valence electrons. The molecule has 0 saturated heterocycles. The van der Waals surface area contributed by atoms with Crippen LogP contribution < -0.4 is 11.1 Å². The lowest BCUT2D eigenvalue weighted by atomic mass is 9.77. The monoisotopic (exact) mass is 409 g/mol. The van der Waals surface area contributed by atoms with Gasteiger partial charge in [0.05, 0.1) is 5.37 Å². The molecular formula is C24H47N3S. The molecule has 0 aromatic rings. The fourth-order valence-corrected chi connectivity index (χ4v) is 5.11. The number of nitrogens with two attached hydrogens (primary N) is 1. The van der Waals surface area contributed by atoms with Gasteiger partial charge in [-0.05, 0) is 57.4 Å². The molecule has 0 aromatic carbocycles. The Hall–Kier alpha value is -0.0300. The van der Waals surface area contributed by atoms with E-state index in [0.29, 0.717) is 12.0 Å². The highest BCUT2D eigenvalue weighted by Crippen LogP contribution is 2.33. The second-order valence-electron chi connectivity index (χ2n) is 9.83. The summed E-state index contributed by atoms with van der Waals surface area (Å²) in [5.74, 6) is 2.43. The Bertz CT molecular complexity index is 443. The third kappa shape index (κ3) is 8.01. The molecule has 0 aliphatic heterocycles. The van der Waals surface area contributed by atoms with Crippen LogP contribution in [0.2, 0.25) is 0 Å². The van der Waals surface area contributed by atoms with Gasteiger partial charge in [-0.3, -0.25) is 4.90 Å². The lowest BCUT2D eigenvalue weighted by Gasteiger charge is -2.35. The van der Waals surface area contributed by atoms with E-state index in [1.807, 2.05) is 0 Å². The number of hydrogen-bond donors (Lipinski definition) is 3. The van der Waals surface area contributed by atoms with Gasteiger partial charge in [-0.2, -0.15) is 12.6 Å². The van der Waals surface area contributed by atoms with Crippen molar-refractivity contribution in [3.05, 3.63) is 12.2 Å². The second kappa shape index (κ2) is 12.6. The molecule has 28 heavy (non-hydrogen) atoms. The van der Waals surface area contributed by atoms with Crippen molar-refractivity contribution in [1.29, 1.82) is 0 Å². The highest BCUT2D eigenvalue weighted by Gasteiger charge is 2.26. The molecule has 2 saturated carbocycles. The lowest BCUT2D eigenvalue weighted by molar-refractivity contribution is 0.207. The highest BCUT2D eigenvalue weighted by atomic mass is 32.1. The van der Waals surface area contributed by atoms with E-state index in [-0.39, 0.29) is 11.4 Å². The van der Waals surface area contributed by atoms with E-state index in [1.54, 1.807) is 0 Å². The molecule has 2 aliphatic rings. The standard InChI is InChI=1S/C24H47N3S/c1-18(2)19(3)23(17-22-11-7-12-22)26-14-16-27(24(28)20(4)25)15-8-13-21-9-5-6-10-21/h19-24,26,28H,1,5-17,25H2,2-4H3. The SMILES string of the molecule is C=C(C)C(C)C(CC1CCC1)NCCN(CCCC1CCCC1)C(S)C(C)N. The Balaban J connectivity index is 1.80. The Morgan fingerprint density at radius 1 is 1.11 bits per heavy atom. The summed E-state index contributed by atoms with van der Waals surface area (Å²) in [4.78, 5) is 2.50. The molecule has 0 spiro atoms. The Morgan fingerprint density at radius 2 is 1.75 bits per heavy atom. The molecular weight excluding hydrogens is 362 g/mol. The number of nitrogens with one attached hydrogen (secondary N) is 1. The van der Waals surface area contributed by atoms with Gasteiger partial charge in [0.25, 0.3) is 0 Å². The van der Waals surface area contributed by atoms with Crippen LogP contribution in [0.25, 0.3) is 0 Å². The summed E-state index contributed by atoms with van der Waals surface area (Å²) in [6, 6.07) is 0.645. The number of nitrogens with zero attached hydrogens (tertiary/aromatic N) is 1. The van der Waals surface area contributed by atoms with Gasteiger partial charge < -0.3 is 11.1 Å². The van der Waals surface area contributed by atoms with Crippen LogP contribution in [0.1, 0.15) is 85.0 Å². The summed E-state index contributed by atoms with van der Waals surface area (Å²) in [6.45, 7) is 14.0. The predicted molar refractivity (Wildman–Crippen MR) is 127 cm³/mol. The minimum atomic E-state index is 0.0925. The van der Waals surface area contributed by atoms with Crippen LogP contribution in [-0.4, -0.2) is 42.0 Å². The van der Waals surface area contributed by atoms with E-state index < -0.39 is 0 Å². The van der Waals surface area contributed by atoms with Crippen LogP contribution in [0.3, 0.4) is 0 Å². The summed E-state index contributed by atoms with van der Waals surface area (Å²) >= 11 is 4.84. The molecule has 4 heteroatoms. The van der Waals surface area contributed by atoms with Crippen molar-refractivity contribution in [1.82, 2.24) is 10.2 Å². The van der Waals surface area contributed by atoms with Gasteiger partial charge in [-0.25, -0.2) is 0 Å². The van der Waals surface area contributed by atoms with Gasteiger partial charge in [0.15, 0.2) is 0 Å². The zero-order valence-electron chi connectivity index (χ0n) is 18.8. The highest BCUT2D eigenvalue weighted by molar-refractivity contribution is 7.80. The van der Waals surface area contributed by atoms with E-state index >= 15 is 0 Å². The van der Waals surface area contributed by atoms with Crippen LogP contribution >= 0.6 is 12.6 Å². The molecule has 4 atom stereocenters. The maximum atomic E-state index is 6.19. The Kier molecular flexibility index (Phi) is 10.9. The maximum Gasteiger partial charge on any atom is 0.0678 e. The van der Waals surface area contributed by atoms with Gasteiger partial charge >= 0.3 is 0 Å². The fourth-order valence-electron chi connectivity index (χ4n) is 4.88. The van der Waals surface area contributed by atoms with E-state index in [9.17, 15) is 0 Å².